The second-order valence-electron chi connectivity index (χ2n) is 6.05. The number of hydrogen-bond donors (Lipinski definition) is 2. The molecule has 29 heavy (non-hydrogen) atoms. The van der Waals surface area contributed by atoms with Gasteiger partial charge in [-0.05, 0) is 30.3 Å². The molecule has 0 aliphatic heterocycles. The summed E-state index contributed by atoms with van der Waals surface area (Å²) in [5.41, 5.74) is 9.74. The predicted molar refractivity (Wildman–Crippen MR) is 115 cm³/mol. The van der Waals surface area contributed by atoms with Gasteiger partial charge in [0.15, 0.2) is 0 Å². The van der Waals surface area contributed by atoms with Gasteiger partial charge in [-0.15, -0.1) is 11.3 Å². The van der Waals surface area contributed by atoms with Crippen molar-refractivity contribution in [3.8, 4) is 11.5 Å². The van der Waals surface area contributed by atoms with E-state index >= 15 is 0 Å². The quantitative estimate of drug-likeness (QED) is 0.430. The van der Waals surface area contributed by atoms with Crippen LogP contribution in [0.3, 0.4) is 0 Å². The predicted octanol–water partition coefficient (Wildman–Crippen LogP) is 4.40. The molecule has 0 saturated heterocycles. The first-order chi connectivity index (χ1) is 14.2. The van der Waals surface area contributed by atoms with Crippen molar-refractivity contribution in [1.29, 1.82) is 0 Å². The van der Waals surface area contributed by atoms with Crippen molar-refractivity contribution < 1.29 is 9.47 Å². The van der Waals surface area contributed by atoms with Gasteiger partial charge in [0.25, 0.3) is 0 Å². The molecule has 0 amide bonds. The van der Waals surface area contributed by atoms with Crippen molar-refractivity contribution in [2.75, 3.05) is 18.5 Å². The van der Waals surface area contributed by atoms with E-state index in [0.29, 0.717) is 42.1 Å². The van der Waals surface area contributed by atoms with Crippen LogP contribution in [0.4, 0.5) is 11.5 Å². The summed E-state index contributed by atoms with van der Waals surface area (Å²) < 4.78 is 11.5. The van der Waals surface area contributed by atoms with Crippen LogP contribution in [0.25, 0.3) is 10.9 Å². The Hall–Kier alpha value is -2.94. The van der Waals surface area contributed by atoms with E-state index in [4.69, 9.17) is 26.8 Å². The van der Waals surface area contributed by atoms with E-state index in [0.717, 1.165) is 22.3 Å². The Kier molecular flexibility index (Phi) is 6.04. The zero-order valence-corrected chi connectivity index (χ0v) is 16.9. The molecule has 0 aliphatic rings. The summed E-state index contributed by atoms with van der Waals surface area (Å²) in [4.78, 5) is 12.9. The summed E-state index contributed by atoms with van der Waals surface area (Å²) in [5.74, 6) is 1.88. The Balaban J connectivity index is 1.57. The van der Waals surface area contributed by atoms with Crippen molar-refractivity contribution in [3.63, 3.8) is 0 Å². The normalized spacial score (nSPS) is 10.8. The SMILES string of the molecule is NCCOc1cccc2ncnc(Nc3ccc(OCc4cscn4)c(Cl)c3)c12. The molecule has 3 N–H and O–H groups in total. The van der Waals surface area contributed by atoms with Gasteiger partial charge in [-0.1, -0.05) is 17.7 Å². The third kappa shape index (κ3) is 4.56. The fourth-order valence-corrected chi connectivity index (χ4v) is 3.53. The molecule has 0 saturated carbocycles. The minimum Gasteiger partial charge on any atom is -0.491 e. The lowest BCUT2D eigenvalue weighted by atomic mass is 10.2. The summed E-state index contributed by atoms with van der Waals surface area (Å²) in [7, 11) is 0. The van der Waals surface area contributed by atoms with Crippen LogP contribution in [-0.4, -0.2) is 28.1 Å². The molecule has 0 atom stereocenters. The zero-order valence-electron chi connectivity index (χ0n) is 15.3. The summed E-state index contributed by atoms with van der Waals surface area (Å²) in [6, 6.07) is 11.1. The maximum Gasteiger partial charge on any atom is 0.145 e. The minimum atomic E-state index is 0.369. The number of halogens is 1. The molecule has 4 aromatic rings. The summed E-state index contributed by atoms with van der Waals surface area (Å²) >= 11 is 7.93. The molecule has 2 aromatic heterocycles. The van der Waals surface area contributed by atoms with Crippen LogP contribution in [0, 0.1) is 0 Å². The molecule has 4 rings (SSSR count). The molecule has 7 nitrogen and oxygen atoms in total. The Morgan fingerprint density at radius 3 is 2.79 bits per heavy atom. The largest absolute Gasteiger partial charge is 0.491 e. The van der Waals surface area contributed by atoms with E-state index in [-0.39, 0.29) is 0 Å². The molecule has 0 unspecified atom stereocenters. The van der Waals surface area contributed by atoms with E-state index in [9.17, 15) is 0 Å². The van der Waals surface area contributed by atoms with Gasteiger partial charge in [0.1, 0.15) is 36.9 Å². The lowest BCUT2D eigenvalue weighted by molar-refractivity contribution is 0.302. The second-order valence-corrected chi connectivity index (χ2v) is 7.17. The van der Waals surface area contributed by atoms with Crippen LogP contribution in [-0.2, 0) is 6.61 Å². The van der Waals surface area contributed by atoms with E-state index in [2.05, 4.69) is 20.3 Å². The number of ether oxygens (including phenoxy) is 2. The Bertz CT molecular complexity index is 1100. The number of benzene rings is 2. The number of thiazole rings is 1. The number of nitrogens with zero attached hydrogens (tertiary/aromatic N) is 3. The van der Waals surface area contributed by atoms with Crippen LogP contribution in [0.1, 0.15) is 5.69 Å². The maximum absolute atomic E-state index is 6.40. The Labute approximate surface area is 176 Å². The van der Waals surface area contributed by atoms with Crippen molar-refractivity contribution in [2.45, 2.75) is 6.61 Å². The number of fused-ring (bicyclic) bond motifs is 1. The highest BCUT2D eigenvalue weighted by molar-refractivity contribution is 7.07. The fourth-order valence-electron chi connectivity index (χ4n) is 2.76. The molecule has 148 valence electrons. The van der Waals surface area contributed by atoms with Crippen molar-refractivity contribution in [3.05, 3.63) is 64.3 Å². The highest BCUT2D eigenvalue weighted by Gasteiger charge is 2.11. The summed E-state index contributed by atoms with van der Waals surface area (Å²) in [6.07, 6.45) is 1.50. The lowest BCUT2D eigenvalue weighted by Crippen LogP contribution is -2.11. The third-order valence-electron chi connectivity index (χ3n) is 4.05. The minimum absolute atomic E-state index is 0.369. The Morgan fingerprint density at radius 1 is 1.07 bits per heavy atom. The molecule has 0 bridgehead atoms. The number of nitrogens with two attached hydrogens (primary N) is 1. The first kappa shape index (κ1) is 19.4. The molecule has 0 spiro atoms. The highest BCUT2D eigenvalue weighted by atomic mass is 35.5. The van der Waals surface area contributed by atoms with E-state index in [1.807, 2.05) is 35.7 Å². The van der Waals surface area contributed by atoms with E-state index < -0.39 is 0 Å². The zero-order chi connectivity index (χ0) is 20.1. The van der Waals surface area contributed by atoms with Crippen molar-refractivity contribution in [2.24, 2.45) is 5.73 Å². The molecule has 0 radical (unpaired) electrons. The lowest BCUT2D eigenvalue weighted by Gasteiger charge is -2.13. The van der Waals surface area contributed by atoms with E-state index in [1.54, 1.807) is 11.6 Å². The molecule has 0 fully saturated rings. The molecule has 2 aromatic carbocycles. The van der Waals surface area contributed by atoms with Gasteiger partial charge in [-0.2, -0.15) is 0 Å². The van der Waals surface area contributed by atoms with Gasteiger partial charge in [0.05, 0.1) is 27.1 Å². The number of aromatic nitrogens is 3. The molecular weight excluding hydrogens is 410 g/mol. The third-order valence-corrected chi connectivity index (χ3v) is 4.98. The smallest absolute Gasteiger partial charge is 0.145 e. The van der Waals surface area contributed by atoms with Crippen LogP contribution in [0.5, 0.6) is 11.5 Å². The maximum atomic E-state index is 6.40. The monoisotopic (exact) mass is 427 g/mol. The molecular formula is C20H18ClN5O2S. The highest BCUT2D eigenvalue weighted by Crippen LogP contribution is 2.34. The fraction of sp³-hybridized carbons (Fsp3) is 0.150. The van der Waals surface area contributed by atoms with Gasteiger partial charge in [0.2, 0.25) is 0 Å². The number of anilines is 2. The second kappa shape index (κ2) is 9.04. The first-order valence-corrected chi connectivity index (χ1v) is 10.2. The molecule has 0 aliphatic carbocycles. The van der Waals surface area contributed by atoms with Crippen LogP contribution in [0.2, 0.25) is 5.02 Å². The first-order valence-electron chi connectivity index (χ1n) is 8.87. The van der Waals surface area contributed by atoms with Crippen LogP contribution in [0.15, 0.2) is 53.6 Å². The molecule has 9 heteroatoms. The van der Waals surface area contributed by atoms with Gasteiger partial charge in [-0.25, -0.2) is 15.0 Å². The van der Waals surface area contributed by atoms with Gasteiger partial charge >= 0.3 is 0 Å². The van der Waals surface area contributed by atoms with Gasteiger partial charge < -0.3 is 20.5 Å². The Morgan fingerprint density at radius 2 is 2.00 bits per heavy atom. The van der Waals surface area contributed by atoms with Crippen molar-refractivity contribution in [1.82, 2.24) is 15.0 Å². The number of rotatable bonds is 8. The van der Waals surface area contributed by atoms with Crippen molar-refractivity contribution >= 4 is 45.3 Å². The van der Waals surface area contributed by atoms with E-state index in [1.165, 1.54) is 17.7 Å². The van der Waals surface area contributed by atoms with Gasteiger partial charge in [0, 0.05) is 17.6 Å². The standard InChI is InChI=1S/C20H18ClN5O2S/c21-15-8-13(4-5-17(15)28-9-14-10-29-12-25-14)26-20-19-16(23-11-24-20)2-1-3-18(19)27-7-6-22/h1-5,8,10-12H,6-7,9,22H2,(H,23,24,26). The topological polar surface area (TPSA) is 95.2 Å². The average Bonchev–Trinajstić information content (AvgIpc) is 3.25. The van der Waals surface area contributed by atoms with Crippen LogP contribution >= 0.6 is 22.9 Å². The van der Waals surface area contributed by atoms with Crippen LogP contribution < -0.4 is 20.5 Å². The van der Waals surface area contributed by atoms with Gasteiger partial charge in [-0.3, -0.25) is 0 Å². The summed E-state index contributed by atoms with van der Waals surface area (Å²) in [5, 5.41) is 6.50. The summed E-state index contributed by atoms with van der Waals surface area (Å²) in [6.45, 7) is 1.20. The number of nitrogens with one attached hydrogen (secondary N) is 1. The molecule has 2 heterocycles. The average molecular weight is 428 g/mol. The number of hydrogen-bond acceptors (Lipinski definition) is 8.